The number of ether oxygens (including phenoxy) is 1. The van der Waals surface area contributed by atoms with Gasteiger partial charge < -0.3 is 10.5 Å². The normalized spacial score (nSPS) is 16.1. The molecule has 0 heterocycles. The maximum Gasteiger partial charge on any atom is 0.119 e. The minimum atomic E-state index is 0.177. The first-order valence-electron chi connectivity index (χ1n) is 8.32. The molecule has 1 atom stereocenters. The molecule has 1 unspecified atom stereocenters. The Kier molecular flexibility index (Phi) is 6.38. The van der Waals surface area contributed by atoms with Gasteiger partial charge in [0.15, 0.2) is 0 Å². The van der Waals surface area contributed by atoms with Gasteiger partial charge in [-0.2, -0.15) is 0 Å². The smallest absolute Gasteiger partial charge is 0.119 e. The summed E-state index contributed by atoms with van der Waals surface area (Å²) in [5.41, 5.74) is 7.50. The lowest BCUT2D eigenvalue weighted by Crippen LogP contribution is -2.10. The number of nitrogens with two attached hydrogens (primary N) is 1. The first-order valence-corrected chi connectivity index (χ1v) is 8.32. The predicted octanol–water partition coefficient (Wildman–Crippen LogP) is 4.98. The van der Waals surface area contributed by atoms with Crippen LogP contribution in [0.1, 0.15) is 76.3 Å². The summed E-state index contributed by atoms with van der Waals surface area (Å²) in [5.74, 6) is 0.989. The Balaban J connectivity index is 1.64. The van der Waals surface area contributed by atoms with Crippen LogP contribution >= 0.6 is 0 Å². The van der Waals surface area contributed by atoms with Crippen molar-refractivity contribution in [3.63, 3.8) is 0 Å². The molecule has 1 aliphatic rings. The summed E-state index contributed by atoms with van der Waals surface area (Å²) >= 11 is 0. The fraction of sp³-hybridized carbons (Fsp3) is 0.667. The second kappa shape index (κ2) is 8.31. The molecule has 0 bridgehead atoms. The third-order valence-corrected chi connectivity index (χ3v) is 4.00. The van der Waals surface area contributed by atoms with Crippen molar-refractivity contribution in [1.82, 2.24) is 0 Å². The molecule has 1 aromatic rings. The van der Waals surface area contributed by atoms with Crippen molar-refractivity contribution in [3.05, 3.63) is 29.8 Å². The van der Waals surface area contributed by atoms with Gasteiger partial charge in [0.25, 0.3) is 0 Å². The number of hydrogen-bond acceptors (Lipinski definition) is 2. The lowest BCUT2D eigenvalue weighted by atomic mass is 10.0. The Morgan fingerprint density at radius 2 is 1.70 bits per heavy atom. The SMILES string of the molecule is CCCCCCCCC(N)c1ccc(OC2CC2)cc1. The van der Waals surface area contributed by atoms with Gasteiger partial charge in [0.05, 0.1) is 6.10 Å². The molecule has 0 aliphatic heterocycles. The summed E-state index contributed by atoms with van der Waals surface area (Å²) in [6.45, 7) is 2.26. The molecule has 20 heavy (non-hydrogen) atoms. The Morgan fingerprint density at radius 3 is 2.35 bits per heavy atom. The van der Waals surface area contributed by atoms with Crippen LogP contribution < -0.4 is 10.5 Å². The highest BCUT2D eigenvalue weighted by molar-refractivity contribution is 5.29. The molecule has 0 aromatic heterocycles. The summed E-state index contributed by atoms with van der Waals surface area (Å²) in [6.07, 6.45) is 11.9. The lowest BCUT2D eigenvalue weighted by molar-refractivity contribution is 0.303. The van der Waals surface area contributed by atoms with Gasteiger partial charge >= 0.3 is 0 Å². The second-order valence-corrected chi connectivity index (χ2v) is 6.05. The molecule has 2 heteroatoms. The van der Waals surface area contributed by atoms with Crippen LogP contribution in [0.5, 0.6) is 5.75 Å². The first kappa shape index (κ1) is 15.4. The number of benzene rings is 1. The summed E-state index contributed by atoms with van der Waals surface area (Å²) in [6, 6.07) is 8.55. The van der Waals surface area contributed by atoms with E-state index >= 15 is 0 Å². The van der Waals surface area contributed by atoms with Crippen LogP contribution in [-0.4, -0.2) is 6.10 Å². The quantitative estimate of drug-likeness (QED) is 0.611. The molecular formula is C18H29NO. The van der Waals surface area contributed by atoms with Crippen LogP contribution in [0.4, 0.5) is 0 Å². The van der Waals surface area contributed by atoms with Crippen molar-refractivity contribution in [2.45, 2.75) is 76.9 Å². The van der Waals surface area contributed by atoms with E-state index in [2.05, 4.69) is 31.2 Å². The van der Waals surface area contributed by atoms with Gasteiger partial charge in [-0.05, 0) is 37.0 Å². The molecule has 1 aromatic carbocycles. The highest BCUT2D eigenvalue weighted by Gasteiger charge is 2.23. The lowest BCUT2D eigenvalue weighted by Gasteiger charge is -2.13. The van der Waals surface area contributed by atoms with Gasteiger partial charge in [-0.15, -0.1) is 0 Å². The molecule has 2 rings (SSSR count). The molecule has 2 nitrogen and oxygen atoms in total. The molecular weight excluding hydrogens is 246 g/mol. The molecule has 0 radical (unpaired) electrons. The number of rotatable bonds is 10. The molecule has 1 aliphatic carbocycles. The standard InChI is InChI=1S/C18H29NO/c1-2-3-4-5-6-7-8-18(19)15-9-11-16(12-10-15)20-17-13-14-17/h9-12,17-18H,2-8,13-14,19H2,1H3. The fourth-order valence-corrected chi connectivity index (χ4v) is 2.48. The average molecular weight is 275 g/mol. The summed E-state index contributed by atoms with van der Waals surface area (Å²) in [5, 5.41) is 0. The highest BCUT2D eigenvalue weighted by atomic mass is 16.5. The largest absolute Gasteiger partial charge is 0.490 e. The van der Waals surface area contributed by atoms with Gasteiger partial charge in [-0.1, -0.05) is 57.6 Å². The minimum Gasteiger partial charge on any atom is -0.490 e. The Labute approximate surface area is 123 Å². The van der Waals surface area contributed by atoms with E-state index in [1.807, 2.05) is 0 Å². The van der Waals surface area contributed by atoms with Crippen LogP contribution in [-0.2, 0) is 0 Å². The van der Waals surface area contributed by atoms with Gasteiger partial charge in [0.2, 0.25) is 0 Å². The van der Waals surface area contributed by atoms with Crippen LogP contribution in [0, 0.1) is 0 Å². The van der Waals surface area contributed by atoms with Crippen molar-refractivity contribution in [3.8, 4) is 5.75 Å². The molecule has 0 saturated heterocycles. The summed E-state index contributed by atoms with van der Waals surface area (Å²) in [4.78, 5) is 0. The Morgan fingerprint density at radius 1 is 1.05 bits per heavy atom. The topological polar surface area (TPSA) is 35.2 Å². The Bertz CT molecular complexity index is 370. The van der Waals surface area contributed by atoms with Crippen molar-refractivity contribution in [2.75, 3.05) is 0 Å². The third kappa shape index (κ3) is 5.54. The molecule has 0 spiro atoms. The van der Waals surface area contributed by atoms with Gasteiger partial charge in [-0.25, -0.2) is 0 Å². The maximum atomic E-state index is 6.26. The average Bonchev–Trinajstić information content (AvgIpc) is 3.27. The molecule has 1 fully saturated rings. The molecule has 112 valence electrons. The zero-order valence-corrected chi connectivity index (χ0v) is 12.8. The van der Waals surface area contributed by atoms with E-state index in [1.54, 1.807) is 0 Å². The van der Waals surface area contributed by atoms with E-state index in [-0.39, 0.29) is 6.04 Å². The monoisotopic (exact) mass is 275 g/mol. The second-order valence-electron chi connectivity index (χ2n) is 6.05. The first-order chi connectivity index (χ1) is 9.79. The van der Waals surface area contributed by atoms with E-state index < -0.39 is 0 Å². The third-order valence-electron chi connectivity index (χ3n) is 4.00. The van der Waals surface area contributed by atoms with Crippen LogP contribution in [0.2, 0.25) is 0 Å². The zero-order chi connectivity index (χ0) is 14.2. The highest BCUT2D eigenvalue weighted by Crippen LogP contribution is 2.28. The van der Waals surface area contributed by atoms with E-state index in [0.29, 0.717) is 6.10 Å². The minimum absolute atomic E-state index is 0.177. The maximum absolute atomic E-state index is 6.26. The van der Waals surface area contributed by atoms with Gasteiger partial charge in [-0.3, -0.25) is 0 Å². The molecule has 0 amide bonds. The van der Waals surface area contributed by atoms with E-state index in [1.165, 1.54) is 56.9 Å². The number of unbranched alkanes of at least 4 members (excludes halogenated alkanes) is 5. The van der Waals surface area contributed by atoms with Gasteiger partial charge in [0, 0.05) is 6.04 Å². The van der Waals surface area contributed by atoms with Crippen molar-refractivity contribution in [1.29, 1.82) is 0 Å². The zero-order valence-electron chi connectivity index (χ0n) is 12.8. The Hall–Kier alpha value is -1.02. The predicted molar refractivity (Wildman–Crippen MR) is 85.0 cm³/mol. The van der Waals surface area contributed by atoms with Crippen molar-refractivity contribution < 1.29 is 4.74 Å². The summed E-state index contributed by atoms with van der Waals surface area (Å²) < 4.78 is 5.76. The summed E-state index contributed by atoms with van der Waals surface area (Å²) in [7, 11) is 0. The molecule has 1 saturated carbocycles. The van der Waals surface area contributed by atoms with E-state index in [9.17, 15) is 0 Å². The van der Waals surface area contributed by atoms with Crippen LogP contribution in [0.15, 0.2) is 24.3 Å². The fourth-order valence-electron chi connectivity index (χ4n) is 2.48. The van der Waals surface area contributed by atoms with Gasteiger partial charge in [0.1, 0.15) is 5.75 Å². The van der Waals surface area contributed by atoms with Crippen molar-refractivity contribution >= 4 is 0 Å². The van der Waals surface area contributed by atoms with Crippen molar-refractivity contribution in [2.24, 2.45) is 5.73 Å². The van der Waals surface area contributed by atoms with E-state index in [4.69, 9.17) is 10.5 Å². The van der Waals surface area contributed by atoms with E-state index in [0.717, 1.165) is 12.2 Å². The van der Waals surface area contributed by atoms with Crippen LogP contribution in [0.25, 0.3) is 0 Å². The molecule has 2 N–H and O–H groups in total. The number of hydrogen-bond donors (Lipinski definition) is 1. The van der Waals surface area contributed by atoms with Crippen LogP contribution in [0.3, 0.4) is 0 Å².